The number of Topliss-reactive ketones (excluding diaryl/α,β-unsaturated/α-hetero) is 1. The van der Waals surface area contributed by atoms with Crippen LogP contribution in [-0.4, -0.2) is 5.78 Å². The number of hydrogen-bond donors (Lipinski definition) is 0. The fraction of sp³-hybridized carbons (Fsp3) is 0.800. The Balaban J connectivity index is 2.30. The van der Waals surface area contributed by atoms with Crippen molar-refractivity contribution in [2.24, 2.45) is 23.7 Å². The Morgan fingerprint density at radius 3 is 2.44 bits per heavy atom. The van der Waals surface area contributed by atoms with Crippen molar-refractivity contribution in [1.29, 1.82) is 0 Å². The van der Waals surface area contributed by atoms with Crippen molar-refractivity contribution in [3.05, 3.63) is 11.1 Å². The van der Waals surface area contributed by atoms with Crippen LogP contribution in [0.25, 0.3) is 0 Å². The number of fused-ring (bicyclic) bond motifs is 1. The smallest absolute Gasteiger partial charge is 0.142 e. The van der Waals surface area contributed by atoms with Gasteiger partial charge in [-0.25, -0.2) is 0 Å². The molecule has 16 heavy (non-hydrogen) atoms. The summed E-state index contributed by atoms with van der Waals surface area (Å²) in [4.78, 5) is 12.2. The molecule has 0 radical (unpaired) electrons. The fourth-order valence-corrected chi connectivity index (χ4v) is 3.51. The Kier molecular flexibility index (Phi) is 3.23. The molecule has 0 spiro atoms. The predicted octanol–water partition coefficient (Wildman–Crippen LogP) is 3.98. The molecular formula is C15H24O. The highest BCUT2D eigenvalue weighted by molar-refractivity contribution is 5.86. The maximum atomic E-state index is 12.2. The number of allylic oxidation sites excluding steroid dienone is 2. The number of carbonyl (C=O) groups is 1. The van der Waals surface area contributed by atoms with Crippen molar-refractivity contribution in [3.8, 4) is 0 Å². The van der Waals surface area contributed by atoms with Gasteiger partial charge in [0, 0.05) is 11.8 Å². The summed E-state index contributed by atoms with van der Waals surface area (Å²) < 4.78 is 0. The monoisotopic (exact) mass is 220 g/mol. The lowest BCUT2D eigenvalue weighted by Crippen LogP contribution is -2.23. The van der Waals surface area contributed by atoms with Crippen LogP contribution in [0.5, 0.6) is 0 Å². The van der Waals surface area contributed by atoms with Gasteiger partial charge < -0.3 is 0 Å². The minimum atomic E-state index is 0.196. The summed E-state index contributed by atoms with van der Waals surface area (Å²) in [5.41, 5.74) is 3.07. The summed E-state index contributed by atoms with van der Waals surface area (Å²) in [6.45, 7) is 8.65. The van der Waals surface area contributed by atoms with Gasteiger partial charge in [0.2, 0.25) is 0 Å². The third-order valence-corrected chi connectivity index (χ3v) is 4.67. The molecule has 0 N–H and O–H groups in total. The van der Waals surface area contributed by atoms with E-state index >= 15 is 0 Å². The summed E-state index contributed by atoms with van der Waals surface area (Å²) in [5.74, 6) is 2.38. The molecule has 1 fully saturated rings. The second kappa shape index (κ2) is 4.35. The molecule has 1 nitrogen and oxygen atoms in total. The van der Waals surface area contributed by atoms with Crippen LogP contribution in [0.15, 0.2) is 11.1 Å². The van der Waals surface area contributed by atoms with Crippen molar-refractivity contribution in [3.63, 3.8) is 0 Å². The second-order valence-electron chi connectivity index (χ2n) is 6.00. The quantitative estimate of drug-likeness (QED) is 0.643. The fourth-order valence-electron chi connectivity index (χ4n) is 3.51. The first-order valence-electron chi connectivity index (χ1n) is 6.76. The molecule has 1 heteroatoms. The molecule has 3 unspecified atom stereocenters. The van der Waals surface area contributed by atoms with Crippen LogP contribution in [0, 0.1) is 23.7 Å². The largest absolute Gasteiger partial charge is 0.299 e. The number of ketones is 1. The summed E-state index contributed by atoms with van der Waals surface area (Å²) in [6, 6.07) is 0. The summed E-state index contributed by atoms with van der Waals surface area (Å²) in [7, 11) is 0. The van der Waals surface area contributed by atoms with Crippen LogP contribution in [0.1, 0.15) is 53.4 Å². The SMILES string of the molecule is CC1=C2C(CCC1C)CCC2C(=O)C(C)C. The number of rotatable bonds is 2. The Bertz CT molecular complexity index is 324. The van der Waals surface area contributed by atoms with Gasteiger partial charge in [-0.1, -0.05) is 31.9 Å². The lowest BCUT2D eigenvalue weighted by atomic mass is 9.75. The van der Waals surface area contributed by atoms with Gasteiger partial charge in [0.15, 0.2) is 0 Å². The first kappa shape index (κ1) is 11.9. The zero-order valence-corrected chi connectivity index (χ0v) is 11.0. The molecule has 0 aromatic heterocycles. The molecule has 3 atom stereocenters. The van der Waals surface area contributed by atoms with Gasteiger partial charge in [-0.05, 0) is 44.4 Å². The molecule has 2 aliphatic carbocycles. The van der Waals surface area contributed by atoms with Crippen LogP contribution >= 0.6 is 0 Å². The average Bonchev–Trinajstić information content (AvgIpc) is 2.66. The molecular weight excluding hydrogens is 196 g/mol. The lowest BCUT2D eigenvalue weighted by molar-refractivity contribution is -0.124. The van der Waals surface area contributed by atoms with Crippen LogP contribution in [0.3, 0.4) is 0 Å². The van der Waals surface area contributed by atoms with Gasteiger partial charge in [0.25, 0.3) is 0 Å². The normalized spacial score (nSPS) is 34.4. The van der Waals surface area contributed by atoms with E-state index in [0.29, 0.717) is 11.7 Å². The Hall–Kier alpha value is -0.590. The van der Waals surface area contributed by atoms with Gasteiger partial charge in [0.1, 0.15) is 5.78 Å². The van der Waals surface area contributed by atoms with Crippen LogP contribution < -0.4 is 0 Å². The van der Waals surface area contributed by atoms with E-state index in [9.17, 15) is 4.79 Å². The molecule has 0 saturated heterocycles. The molecule has 0 aromatic carbocycles. The van der Waals surface area contributed by atoms with Crippen LogP contribution in [0.4, 0.5) is 0 Å². The Labute approximate surface area is 99.3 Å². The third-order valence-electron chi connectivity index (χ3n) is 4.67. The standard InChI is InChI=1S/C15H24O/c1-9(2)15(16)13-8-7-12-6-5-10(3)11(4)14(12)13/h9-10,12-13H,5-8H2,1-4H3. The summed E-state index contributed by atoms with van der Waals surface area (Å²) in [6.07, 6.45) is 5.00. The molecule has 0 aromatic rings. The molecule has 0 heterocycles. The topological polar surface area (TPSA) is 17.1 Å². The highest BCUT2D eigenvalue weighted by atomic mass is 16.1. The molecule has 2 aliphatic rings. The van der Waals surface area contributed by atoms with E-state index in [1.54, 1.807) is 0 Å². The van der Waals surface area contributed by atoms with E-state index in [-0.39, 0.29) is 11.8 Å². The molecule has 2 rings (SSSR count). The third kappa shape index (κ3) is 1.85. The van der Waals surface area contributed by atoms with Crippen molar-refractivity contribution >= 4 is 5.78 Å². The zero-order valence-electron chi connectivity index (χ0n) is 11.0. The minimum absolute atomic E-state index is 0.196. The van der Waals surface area contributed by atoms with E-state index in [1.165, 1.54) is 30.4 Å². The molecule has 0 amide bonds. The van der Waals surface area contributed by atoms with Crippen LogP contribution in [0.2, 0.25) is 0 Å². The summed E-state index contributed by atoms with van der Waals surface area (Å²) in [5, 5.41) is 0. The second-order valence-corrected chi connectivity index (χ2v) is 6.00. The van der Waals surface area contributed by atoms with E-state index < -0.39 is 0 Å². The molecule has 0 bridgehead atoms. The molecule has 1 saturated carbocycles. The van der Waals surface area contributed by atoms with E-state index in [2.05, 4.69) is 13.8 Å². The lowest BCUT2D eigenvalue weighted by Gasteiger charge is -2.29. The maximum absolute atomic E-state index is 12.2. The number of hydrogen-bond acceptors (Lipinski definition) is 1. The van der Waals surface area contributed by atoms with Crippen molar-refractivity contribution in [1.82, 2.24) is 0 Å². The van der Waals surface area contributed by atoms with Gasteiger partial charge >= 0.3 is 0 Å². The minimum Gasteiger partial charge on any atom is -0.299 e. The predicted molar refractivity (Wildman–Crippen MR) is 67.2 cm³/mol. The zero-order chi connectivity index (χ0) is 11.9. The maximum Gasteiger partial charge on any atom is 0.142 e. The van der Waals surface area contributed by atoms with E-state index in [4.69, 9.17) is 0 Å². The first-order valence-corrected chi connectivity index (χ1v) is 6.76. The first-order chi connectivity index (χ1) is 7.52. The Morgan fingerprint density at radius 2 is 1.81 bits per heavy atom. The van der Waals surface area contributed by atoms with Gasteiger partial charge in [-0.2, -0.15) is 0 Å². The van der Waals surface area contributed by atoms with Gasteiger partial charge in [0.05, 0.1) is 0 Å². The van der Waals surface area contributed by atoms with Gasteiger partial charge in [-0.15, -0.1) is 0 Å². The van der Waals surface area contributed by atoms with Crippen molar-refractivity contribution in [2.45, 2.75) is 53.4 Å². The molecule has 90 valence electrons. The average molecular weight is 220 g/mol. The molecule has 0 aliphatic heterocycles. The van der Waals surface area contributed by atoms with E-state index in [1.807, 2.05) is 13.8 Å². The van der Waals surface area contributed by atoms with Crippen LogP contribution in [-0.2, 0) is 4.79 Å². The Morgan fingerprint density at radius 1 is 1.19 bits per heavy atom. The van der Waals surface area contributed by atoms with E-state index in [0.717, 1.165) is 12.3 Å². The summed E-state index contributed by atoms with van der Waals surface area (Å²) >= 11 is 0. The highest BCUT2D eigenvalue weighted by Gasteiger charge is 2.39. The van der Waals surface area contributed by atoms with Crippen molar-refractivity contribution < 1.29 is 4.79 Å². The highest BCUT2D eigenvalue weighted by Crippen LogP contribution is 2.47. The van der Waals surface area contributed by atoms with Crippen molar-refractivity contribution in [2.75, 3.05) is 0 Å². The van der Waals surface area contributed by atoms with Gasteiger partial charge in [-0.3, -0.25) is 4.79 Å². The number of carbonyl (C=O) groups excluding carboxylic acids is 1.